The molecule has 0 unspecified atom stereocenters. The Morgan fingerprint density at radius 1 is 1.06 bits per heavy atom. The van der Waals surface area contributed by atoms with Gasteiger partial charge in [-0.2, -0.15) is 18.3 Å². The molecular weight excluding hydrogens is 455 g/mol. The smallest absolute Gasteiger partial charge is 0.333 e. The normalized spacial score (nSPS) is 22.2. The van der Waals surface area contributed by atoms with Crippen molar-refractivity contribution in [1.82, 2.24) is 20.0 Å². The highest BCUT2D eigenvalue weighted by molar-refractivity contribution is 5.90. The number of fused-ring (bicyclic) bond motifs is 1. The lowest BCUT2D eigenvalue weighted by atomic mass is 9.92. The standard InChI is InChI=1S/C26H28F3N5O/c1-17-23(21(18-9-4-2-5-10-18)15-33(17)16-26(27,28)29)30-25(35)31-24-20-13-8-14-22(20)32-34(24)19-11-6-3-7-12-19/h2-7,9-12,17,21,23H,8,13-16H2,1H3,(H2,30,31,35)/t17-,21+,23-/m0/s1. The van der Waals surface area contributed by atoms with E-state index >= 15 is 0 Å². The van der Waals surface area contributed by atoms with Crippen molar-refractivity contribution >= 4 is 11.8 Å². The SMILES string of the molecule is C[C@H]1[C@H](NC(=O)Nc2c3c(nn2-c2ccccc2)CCC3)[C@@H](c2ccccc2)CN1CC(F)(F)F. The number of aryl methyl sites for hydroxylation is 1. The second-order valence-electron chi connectivity index (χ2n) is 9.30. The Labute approximate surface area is 202 Å². The molecule has 2 aromatic carbocycles. The number of nitrogens with one attached hydrogen (secondary N) is 2. The topological polar surface area (TPSA) is 62.2 Å². The molecule has 0 radical (unpaired) electrons. The number of amides is 2. The van der Waals surface area contributed by atoms with Gasteiger partial charge in [-0.05, 0) is 43.9 Å². The fourth-order valence-electron chi connectivity index (χ4n) is 5.34. The predicted molar refractivity (Wildman–Crippen MR) is 128 cm³/mol. The first-order chi connectivity index (χ1) is 16.8. The largest absolute Gasteiger partial charge is 0.401 e. The number of likely N-dealkylation sites (tertiary alicyclic amines) is 1. The van der Waals surface area contributed by atoms with E-state index in [-0.39, 0.29) is 12.5 Å². The number of nitrogens with zero attached hydrogens (tertiary/aromatic N) is 3. The van der Waals surface area contributed by atoms with Crippen LogP contribution in [-0.2, 0) is 12.8 Å². The van der Waals surface area contributed by atoms with Crippen LogP contribution in [0.15, 0.2) is 60.7 Å². The highest BCUT2D eigenvalue weighted by Crippen LogP contribution is 2.35. The molecule has 1 saturated heterocycles. The number of carbonyl (C=O) groups is 1. The van der Waals surface area contributed by atoms with Crippen LogP contribution < -0.4 is 10.6 Å². The van der Waals surface area contributed by atoms with Gasteiger partial charge >= 0.3 is 12.2 Å². The zero-order valence-corrected chi connectivity index (χ0v) is 19.4. The van der Waals surface area contributed by atoms with Gasteiger partial charge in [-0.3, -0.25) is 10.2 Å². The van der Waals surface area contributed by atoms with E-state index in [1.165, 1.54) is 4.90 Å². The summed E-state index contributed by atoms with van der Waals surface area (Å²) in [6.07, 6.45) is -1.65. The molecule has 0 spiro atoms. The van der Waals surface area contributed by atoms with E-state index in [0.29, 0.717) is 5.82 Å². The molecule has 0 bridgehead atoms. The maximum atomic E-state index is 13.3. The Morgan fingerprint density at radius 3 is 2.43 bits per heavy atom. The molecule has 2 N–H and O–H groups in total. The van der Waals surface area contributed by atoms with Crippen molar-refractivity contribution in [2.75, 3.05) is 18.4 Å². The number of halogens is 3. The number of hydrogen-bond donors (Lipinski definition) is 2. The van der Waals surface area contributed by atoms with Crippen molar-refractivity contribution in [2.45, 2.75) is 50.4 Å². The molecule has 5 rings (SSSR count). The molecule has 1 aliphatic heterocycles. The lowest BCUT2D eigenvalue weighted by Crippen LogP contribution is -2.48. The number of hydrogen-bond acceptors (Lipinski definition) is 3. The number of para-hydroxylation sites is 1. The summed E-state index contributed by atoms with van der Waals surface area (Å²) < 4.78 is 41.4. The van der Waals surface area contributed by atoms with Crippen molar-refractivity contribution in [3.63, 3.8) is 0 Å². The Kier molecular flexibility index (Phi) is 6.27. The minimum atomic E-state index is -4.31. The van der Waals surface area contributed by atoms with E-state index in [1.54, 1.807) is 11.6 Å². The highest BCUT2D eigenvalue weighted by Gasteiger charge is 2.45. The van der Waals surface area contributed by atoms with Gasteiger partial charge in [-0.25, -0.2) is 9.48 Å². The van der Waals surface area contributed by atoms with Crippen LogP contribution in [0.3, 0.4) is 0 Å². The first-order valence-electron chi connectivity index (χ1n) is 11.9. The van der Waals surface area contributed by atoms with Crippen LogP contribution in [-0.4, -0.2) is 52.1 Å². The van der Waals surface area contributed by atoms with Gasteiger partial charge in [0.1, 0.15) is 5.82 Å². The second kappa shape index (κ2) is 9.37. The number of aromatic nitrogens is 2. The number of urea groups is 1. The van der Waals surface area contributed by atoms with Gasteiger partial charge in [0.05, 0.1) is 24.0 Å². The number of carbonyl (C=O) groups excluding carboxylic acids is 1. The fraction of sp³-hybridized carbons (Fsp3) is 0.385. The lowest BCUT2D eigenvalue weighted by molar-refractivity contribution is -0.147. The highest BCUT2D eigenvalue weighted by atomic mass is 19.4. The molecule has 1 aromatic heterocycles. The summed E-state index contributed by atoms with van der Waals surface area (Å²) in [5.41, 5.74) is 3.73. The Hall–Kier alpha value is -3.33. The molecular formula is C26H28F3N5O. The molecule has 2 aliphatic rings. The molecule has 9 heteroatoms. The zero-order valence-electron chi connectivity index (χ0n) is 19.4. The Balaban J connectivity index is 1.40. The van der Waals surface area contributed by atoms with E-state index in [2.05, 4.69) is 10.6 Å². The monoisotopic (exact) mass is 483 g/mol. The summed E-state index contributed by atoms with van der Waals surface area (Å²) in [4.78, 5) is 14.7. The number of rotatable bonds is 5. The minimum absolute atomic E-state index is 0.215. The van der Waals surface area contributed by atoms with E-state index in [0.717, 1.165) is 41.8 Å². The average molecular weight is 484 g/mol. The molecule has 3 aromatic rings. The van der Waals surface area contributed by atoms with Crippen molar-refractivity contribution in [2.24, 2.45) is 0 Å². The maximum absolute atomic E-state index is 13.3. The summed E-state index contributed by atoms with van der Waals surface area (Å²) >= 11 is 0. The van der Waals surface area contributed by atoms with Crippen molar-refractivity contribution in [1.29, 1.82) is 0 Å². The lowest BCUT2D eigenvalue weighted by Gasteiger charge is -2.27. The van der Waals surface area contributed by atoms with E-state index in [1.807, 2.05) is 60.7 Å². The van der Waals surface area contributed by atoms with E-state index in [4.69, 9.17) is 5.10 Å². The van der Waals surface area contributed by atoms with Crippen LogP contribution in [0.25, 0.3) is 5.69 Å². The van der Waals surface area contributed by atoms with Crippen molar-refractivity contribution < 1.29 is 18.0 Å². The molecule has 1 fully saturated rings. The Bertz CT molecular complexity index is 1180. The number of anilines is 1. The maximum Gasteiger partial charge on any atom is 0.401 e. The number of benzene rings is 2. The van der Waals surface area contributed by atoms with Gasteiger partial charge in [-0.15, -0.1) is 0 Å². The molecule has 184 valence electrons. The van der Waals surface area contributed by atoms with Crippen LogP contribution in [0.4, 0.5) is 23.8 Å². The summed E-state index contributed by atoms with van der Waals surface area (Å²) in [6.45, 7) is 0.949. The second-order valence-corrected chi connectivity index (χ2v) is 9.30. The molecule has 3 atom stereocenters. The first kappa shape index (κ1) is 23.4. The van der Waals surface area contributed by atoms with Gasteiger partial charge in [0.25, 0.3) is 0 Å². The van der Waals surface area contributed by atoms with Crippen LogP contribution in [0.1, 0.15) is 36.1 Å². The Morgan fingerprint density at radius 2 is 1.74 bits per heavy atom. The van der Waals surface area contributed by atoms with Gasteiger partial charge in [0, 0.05) is 24.1 Å². The third-order valence-electron chi connectivity index (χ3n) is 7.01. The molecule has 2 heterocycles. The number of alkyl halides is 3. The van der Waals surface area contributed by atoms with Gasteiger partial charge < -0.3 is 5.32 Å². The average Bonchev–Trinajstić information content (AvgIpc) is 3.50. The van der Waals surface area contributed by atoms with Crippen LogP contribution >= 0.6 is 0 Å². The van der Waals surface area contributed by atoms with E-state index in [9.17, 15) is 18.0 Å². The van der Waals surface area contributed by atoms with Crippen LogP contribution in [0, 0.1) is 0 Å². The quantitative estimate of drug-likeness (QED) is 0.543. The van der Waals surface area contributed by atoms with Crippen LogP contribution in [0.5, 0.6) is 0 Å². The zero-order chi connectivity index (χ0) is 24.6. The molecule has 1 aliphatic carbocycles. The third kappa shape index (κ3) is 4.91. The van der Waals surface area contributed by atoms with Gasteiger partial charge in [-0.1, -0.05) is 48.5 Å². The van der Waals surface area contributed by atoms with E-state index < -0.39 is 30.8 Å². The summed E-state index contributed by atoms with van der Waals surface area (Å²) in [7, 11) is 0. The predicted octanol–water partition coefficient (Wildman–Crippen LogP) is 4.90. The van der Waals surface area contributed by atoms with Gasteiger partial charge in [0.15, 0.2) is 0 Å². The van der Waals surface area contributed by atoms with Crippen molar-refractivity contribution in [3.8, 4) is 5.69 Å². The molecule has 2 amide bonds. The first-order valence-corrected chi connectivity index (χ1v) is 11.9. The molecule has 35 heavy (non-hydrogen) atoms. The third-order valence-corrected chi connectivity index (χ3v) is 7.01. The summed E-state index contributed by atoms with van der Waals surface area (Å²) in [5, 5.41) is 10.7. The van der Waals surface area contributed by atoms with Gasteiger partial charge in [0.2, 0.25) is 0 Å². The minimum Gasteiger partial charge on any atom is -0.333 e. The summed E-state index contributed by atoms with van der Waals surface area (Å²) in [6, 6.07) is 17.6. The van der Waals surface area contributed by atoms with Crippen LogP contribution in [0.2, 0.25) is 0 Å². The van der Waals surface area contributed by atoms with Crippen molar-refractivity contribution in [3.05, 3.63) is 77.5 Å². The fourth-order valence-corrected chi connectivity index (χ4v) is 5.34. The summed E-state index contributed by atoms with van der Waals surface area (Å²) in [5.74, 6) is 0.360. The molecule has 6 nitrogen and oxygen atoms in total. The molecule has 0 saturated carbocycles.